The molecule has 0 atom stereocenters. The maximum absolute atomic E-state index is 13.5. The Balaban J connectivity index is 2.39. The number of alkyl halides is 2. The lowest BCUT2D eigenvalue weighted by atomic mass is 9.62. The predicted molar refractivity (Wildman–Crippen MR) is 51.3 cm³/mol. The van der Waals surface area contributed by atoms with E-state index in [-0.39, 0.29) is 12.1 Å². The van der Waals surface area contributed by atoms with Gasteiger partial charge in [0.1, 0.15) is 11.6 Å². The maximum Gasteiger partial charge on any atom is 0.250 e. The molecule has 1 aliphatic carbocycles. The van der Waals surface area contributed by atoms with Crippen LogP contribution in [0, 0.1) is 11.6 Å². The minimum Gasteiger partial charge on any atom is -0.330 e. The van der Waals surface area contributed by atoms with Gasteiger partial charge >= 0.3 is 0 Å². The molecule has 0 aromatic heterocycles. The molecule has 1 aromatic rings. The van der Waals surface area contributed by atoms with Crippen molar-refractivity contribution in [1.82, 2.24) is 0 Å². The van der Waals surface area contributed by atoms with Gasteiger partial charge in [-0.2, -0.15) is 0 Å². The summed E-state index contributed by atoms with van der Waals surface area (Å²) in [5.41, 5.74) is 4.26. The number of rotatable bonds is 2. The van der Waals surface area contributed by atoms with E-state index in [2.05, 4.69) is 0 Å². The van der Waals surface area contributed by atoms with E-state index in [4.69, 9.17) is 5.73 Å². The van der Waals surface area contributed by atoms with E-state index < -0.39 is 35.8 Å². The Hall–Kier alpha value is -1.10. The summed E-state index contributed by atoms with van der Waals surface area (Å²) in [6.45, 7) is -0.108. The average Bonchev–Trinajstić information content (AvgIpc) is 2.17. The highest BCUT2D eigenvalue weighted by atomic mass is 19.3. The third kappa shape index (κ3) is 1.69. The van der Waals surface area contributed by atoms with Gasteiger partial charge in [0, 0.05) is 24.8 Å². The summed E-state index contributed by atoms with van der Waals surface area (Å²) in [6, 6.07) is 2.86. The van der Waals surface area contributed by atoms with Crippen LogP contribution in [0.15, 0.2) is 18.2 Å². The van der Waals surface area contributed by atoms with Crippen LogP contribution in [-0.2, 0) is 5.41 Å². The van der Waals surface area contributed by atoms with Crippen LogP contribution in [0.25, 0.3) is 0 Å². The van der Waals surface area contributed by atoms with Crippen molar-refractivity contribution in [1.29, 1.82) is 0 Å². The number of halogens is 4. The first-order valence-corrected chi connectivity index (χ1v) is 4.92. The fraction of sp³-hybridized carbons (Fsp3) is 0.455. The molecule has 16 heavy (non-hydrogen) atoms. The highest BCUT2D eigenvalue weighted by molar-refractivity contribution is 5.33. The van der Waals surface area contributed by atoms with E-state index in [0.717, 1.165) is 18.2 Å². The number of hydrogen-bond acceptors (Lipinski definition) is 1. The Kier molecular flexibility index (Phi) is 2.45. The molecule has 0 saturated heterocycles. The van der Waals surface area contributed by atoms with Crippen molar-refractivity contribution in [2.75, 3.05) is 6.54 Å². The van der Waals surface area contributed by atoms with Gasteiger partial charge in [-0.15, -0.1) is 0 Å². The van der Waals surface area contributed by atoms with Gasteiger partial charge in [0.15, 0.2) is 0 Å². The number of nitrogens with two attached hydrogens (primary N) is 1. The monoisotopic (exact) mass is 233 g/mol. The topological polar surface area (TPSA) is 26.0 Å². The molecule has 1 aromatic carbocycles. The third-order valence-corrected chi connectivity index (χ3v) is 3.08. The first-order chi connectivity index (χ1) is 7.38. The molecule has 1 fully saturated rings. The quantitative estimate of drug-likeness (QED) is 0.780. The van der Waals surface area contributed by atoms with Crippen molar-refractivity contribution >= 4 is 0 Å². The van der Waals surface area contributed by atoms with Crippen molar-refractivity contribution in [3.05, 3.63) is 35.4 Å². The summed E-state index contributed by atoms with van der Waals surface area (Å²) in [5.74, 6) is -4.14. The van der Waals surface area contributed by atoms with E-state index in [0.29, 0.717) is 0 Å². The van der Waals surface area contributed by atoms with Crippen LogP contribution in [-0.4, -0.2) is 12.5 Å². The second kappa shape index (κ2) is 3.45. The second-order valence-electron chi connectivity index (χ2n) is 4.32. The first-order valence-electron chi connectivity index (χ1n) is 4.92. The average molecular weight is 233 g/mol. The standard InChI is InChI=1S/C11H11F4N/c12-7-1-2-9(13)8(3-7)10(6-16)4-11(14,15)5-10/h1-3H,4-6,16H2. The van der Waals surface area contributed by atoms with Crippen LogP contribution in [0.3, 0.4) is 0 Å². The van der Waals surface area contributed by atoms with E-state index in [9.17, 15) is 17.6 Å². The maximum atomic E-state index is 13.5. The molecule has 0 bridgehead atoms. The highest BCUT2D eigenvalue weighted by Crippen LogP contribution is 2.53. The molecule has 1 saturated carbocycles. The van der Waals surface area contributed by atoms with Gasteiger partial charge in [-0.3, -0.25) is 0 Å². The van der Waals surface area contributed by atoms with E-state index in [1.165, 1.54) is 0 Å². The fourth-order valence-electron chi connectivity index (χ4n) is 2.29. The molecule has 0 aliphatic heterocycles. The van der Waals surface area contributed by atoms with Crippen molar-refractivity contribution in [2.45, 2.75) is 24.2 Å². The van der Waals surface area contributed by atoms with Crippen molar-refractivity contribution < 1.29 is 17.6 Å². The van der Waals surface area contributed by atoms with Crippen molar-refractivity contribution in [3.63, 3.8) is 0 Å². The van der Waals surface area contributed by atoms with Crippen LogP contribution < -0.4 is 5.73 Å². The van der Waals surface area contributed by atoms with Gasteiger partial charge in [0.2, 0.25) is 5.92 Å². The summed E-state index contributed by atoms with van der Waals surface area (Å²) >= 11 is 0. The molecule has 0 radical (unpaired) electrons. The zero-order valence-corrected chi connectivity index (χ0v) is 8.44. The molecule has 0 spiro atoms. The van der Waals surface area contributed by atoms with E-state index >= 15 is 0 Å². The van der Waals surface area contributed by atoms with E-state index in [1.807, 2.05) is 0 Å². The Morgan fingerprint density at radius 2 is 1.81 bits per heavy atom. The molecule has 2 rings (SSSR count). The van der Waals surface area contributed by atoms with Gasteiger partial charge < -0.3 is 5.73 Å². The molecule has 5 heteroatoms. The Morgan fingerprint density at radius 3 is 2.31 bits per heavy atom. The van der Waals surface area contributed by atoms with Crippen LogP contribution in [0.4, 0.5) is 17.6 Å². The van der Waals surface area contributed by atoms with Gasteiger partial charge in [0.25, 0.3) is 0 Å². The highest BCUT2D eigenvalue weighted by Gasteiger charge is 2.57. The summed E-state index contributed by atoms with van der Waals surface area (Å²) in [4.78, 5) is 0. The molecule has 0 amide bonds. The Morgan fingerprint density at radius 1 is 1.19 bits per heavy atom. The van der Waals surface area contributed by atoms with Crippen LogP contribution in [0.2, 0.25) is 0 Å². The van der Waals surface area contributed by atoms with Gasteiger partial charge in [-0.05, 0) is 23.8 Å². The molecule has 88 valence electrons. The Bertz CT molecular complexity index is 408. The van der Waals surface area contributed by atoms with Gasteiger partial charge in [-0.1, -0.05) is 0 Å². The molecule has 1 aliphatic rings. The molecule has 0 heterocycles. The van der Waals surface area contributed by atoms with Gasteiger partial charge in [0.05, 0.1) is 0 Å². The minimum absolute atomic E-state index is 0.0408. The van der Waals surface area contributed by atoms with Crippen molar-refractivity contribution in [3.8, 4) is 0 Å². The normalized spacial score (nSPS) is 21.6. The smallest absolute Gasteiger partial charge is 0.250 e. The third-order valence-electron chi connectivity index (χ3n) is 3.08. The van der Waals surface area contributed by atoms with Crippen LogP contribution in [0.5, 0.6) is 0 Å². The number of hydrogen-bond donors (Lipinski definition) is 1. The summed E-state index contributed by atoms with van der Waals surface area (Å²) in [6.07, 6.45) is -1.03. The molecule has 2 N–H and O–H groups in total. The van der Waals surface area contributed by atoms with E-state index in [1.54, 1.807) is 0 Å². The lowest BCUT2D eigenvalue weighted by Gasteiger charge is -2.47. The molecule has 0 unspecified atom stereocenters. The van der Waals surface area contributed by atoms with Crippen LogP contribution in [0.1, 0.15) is 18.4 Å². The van der Waals surface area contributed by atoms with Crippen LogP contribution >= 0.6 is 0 Å². The summed E-state index contributed by atoms with van der Waals surface area (Å²) < 4.78 is 52.2. The summed E-state index contributed by atoms with van der Waals surface area (Å²) in [5, 5.41) is 0. The molecular formula is C11H11F4N. The fourth-order valence-corrected chi connectivity index (χ4v) is 2.29. The van der Waals surface area contributed by atoms with Crippen molar-refractivity contribution in [2.24, 2.45) is 5.73 Å². The SMILES string of the molecule is NCC1(c2cc(F)ccc2F)CC(F)(F)C1. The predicted octanol–water partition coefficient (Wildman–Crippen LogP) is 2.59. The van der Waals surface area contributed by atoms with Gasteiger partial charge in [-0.25, -0.2) is 17.6 Å². The molecular weight excluding hydrogens is 222 g/mol. The second-order valence-corrected chi connectivity index (χ2v) is 4.32. The first kappa shape index (κ1) is 11.4. The minimum atomic E-state index is -2.82. The lowest BCUT2D eigenvalue weighted by molar-refractivity contribution is -0.124. The largest absolute Gasteiger partial charge is 0.330 e. The zero-order chi connectivity index (χ0) is 12.0. The molecule has 1 nitrogen and oxygen atoms in total. The number of benzene rings is 1. The Labute approximate surface area is 90.3 Å². The lowest BCUT2D eigenvalue weighted by Crippen LogP contribution is -2.54. The zero-order valence-electron chi connectivity index (χ0n) is 8.44. The summed E-state index contributed by atoms with van der Waals surface area (Å²) in [7, 11) is 0.